The van der Waals surface area contributed by atoms with E-state index in [9.17, 15) is 0 Å². The molecule has 0 bridgehead atoms. The van der Waals surface area contributed by atoms with Crippen LogP contribution in [0.1, 0.15) is 37.5 Å². The van der Waals surface area contributed by atoms with Crippen LogP contribution in [0.3, 0.4) is 0 Å². The third-order valence-electron chi connectivity index (χ3n) is 19.9. The standard InChI is InChI=1S/C36H30O.2C33H24O/c1-36(2,3)32-20-12-19-29(27-15-8-5-9-16-27)33(32)35-31-18-11-10-17-30(31)34(37-35)28-23-21-26(22-24-28)25-13-6-4-7-14-25;1-23-11-10-18-28(26-14-6-3-7-15-26)31(23)33-30-17-9-8-16-29(30)32(34-33)27-21-19-25(20-22-27)24-12-4-2-5-13-24;1-23-16-21-28(26-12-6-3-7-13-26)31(22-23)33-30-15-9-8-14-29(30)32(34-33)27-19-17-25(18-20-27)24-10-4-2-5-11-24/h4-24H,1-3H3;2*2-22H,1H3. The fourth-order valence-corrected chi connectivity index (χ4v) is 14.6. The molecule has 0 saturated heterocycles. The van der Waals surface area contributed by atoms with Crippen molar-refractivity contribution in [2.75, 3.05) is 0 Å². The van der Waals surface area contributed by atoms with E-state index < -0.39 is 0 Å². The van der Waals surface area contributed by atoms with Gasteiger partial charge in [0.05, 0.1) is 0 Å². The van der Waals surface area contributed by atoms with Crippen LogP contribution in [-0.4, -0.2) is 0 Å². The van der Waals surface area contributed by atoms with E-state index in [2.05, 4.69) is 399 Å². The van der Waals surface area contributed by atoms with Crippen molar-refractivity contribution >= 4 is 32.3 Å². The van der Waals surface area contributed by atoms with Gasteiger partial charge in [-0.05, 0) is 103 Å². The molecule has 3 heteroatoms. The molecule has 18 rings (SSSR count). The van der Waals surface area contributed by atoms with E-state index >= 15 is 0 Å². The van der Waals surface area contributed by atoms with Gasteiger partial charge in [0, 0.05) is 65.7 Å². The second kappa shape index (κ2) is 29.5. The summed E-state index contributed by atoms with van der Waals surface area (Å²) in [6.45, 7) is 11.1. The Kier molecular flexibility index (Phi) is 18.7. The van der Waals surface area contributed by atoms with Gasteiger partial charge < -0.3 is 13.3 Å². The van der Waals surface area contributed by atoms with Crippen molar-refractivity contribution in [1.82, 2.24) is 0 Å². The summed E-state index contributed by atoms with van der Waals surface area (Å²) in [5.41, 5.74) is 24.7. The molecule has 0 aliphatic carbocycles. The van der Waals surface area contributed by atoms with E-state index in [1.54, 1.807) is 0 Å². The van der Waals surface area contributed by atoms with Gasteiger partial charge in [0.2, 0.25) is 0 Å². The molecule has 0 aliphatic rings. The average Bonchev–Trinajstić information content (AvgIpc) is 1.64. The molecular weight excluding hydrogens is 1270 g/mol. The molecule has 3 heterocycles. The van der Waals surface area contributed by atoms with Crippen LogP contribution in [0.2, 0.25) is 0 Å². The number of hydrogen-bond donors (Lipinski definition) is 0. The van der Waals surface area contributed by atoms with Crippen LogP contribution in [0.5, 0.6) is 0 Å². The average molecular weight is 1350 g/mol. The van der Waals surface area contributed by atoms with Crippen molar-refractivity contribution in [2.24, 2.45) is 0 Å². The van der Waals surface area contributed by atoms with E-state index in [1.165, 1.54) is 89.0 Å². The van der Waals surface area contributed by atoms with Crippen molar-refractivity contribution in [1.29, 1.82) is 0 Å². The monoisotopic (exact) mass is 1350 g/mol. The lowest BCUT2D eigenvalue weighted by Crippen LogP contribution is -2.13. The molecule has 0 spiro atoms. The van der Waals surface area contributed by atoms with Gasteiger partial charge in [-0.25, -0.2) is 0 Å². The van der Waals surface area contributed by atoms with Gasteiger partial charge in [0.15, 0.2) is 0 Å². The normalized spacial score (nSPS) is 11.3. The molecule has 0 amide bonds. The first kappa shape index (κ1) is 66.5. The highest BCUT2D eigenvalue weighted by atomic mass is 16.3. The summed E-state index contributed by atoms with van der Waals surface area (Å²) >= 11 is 0. The second-order valence-corrected chi connectivity index (χ2v) is 27.9. The molecule has 0 aliphatic heterocycles. The molecule has 105 heavy (non-hydrogen) atoms. The van der Waals surface area contributed by atoms with Crippen LogP contribution < -0.4 is 0 Å². The molecule has 0 radical (unpaired) electrons. The molecule has 15 aromatic carbocycles. The van der Waals surface area contributed by atoms with Gasteiger partial charge in [-0.2, -0.15) is 0 Å². The first-order valence-electron chi connectivity index (χ1n) is 36.1. The van der Waals surface area contributed by atoms with Gasteiger partial charge in [-0.1, -0.05) is 402 Å². The quantitative estimate of drug-likeness (QED) is 0.122. The third-order valence-corrected chi connectivity index (χ3v) is 19.9. The fraction of sp³-hybridized carbons (Fsp3) is 0.0588. The number of rotatable bonds is 12. The zero-order chi connectivity index (χ0) is 71.2. The molecule has 0 saturated carbocycles. The summed E-state index contributed by atoms with van der Waals surface area (Å²) in [6, 6.07) is 134. The largest absolute Gasteiger partial charge is 0.455 e. The number of fused-ring (bicyclic) bond motifs is 3. The second-order valence-electron chi connectivity index (χ2n) is 27.9. The van der Waals surface area contributed by atoms with Crippen LogP contribution in [0.4, 0.5) is 0 Å². The molecule has 0 atom stereocenters. The zero-order valence-electron chi connectivity index (χ0n) is 59.6. The first-order valence-corrected chi connectivity index (χ1v) is 36.1. The molecular formula is C102H78O3. The maximum absolute atomic E-state index is 6.88. The lowest BCUT2D eigenvalue weighted by atomic mass is 9.80. The molecule has 18 aromatic rings. The Bertz CT molecular complexity index is 6000. The topological polar surface area (TPSA) is 39.4 Å². The highest BCUT2D eigenvalue weighted by Gasteiger charge is 2.28. The lowest BCUT2D eigenvalue weighted by Gasteiger charge is -2.24. The summed E-state index contributed by atoms with van der Waals surface area (Å²) in [5, 5.41) is 6.80. The van der Waals surface area contributed by atoms with Crippen molar-refractivity contribution in [2.45, 2.75) is 40.0 Å². The smallest absolute Gasteiger partial charge is 0.143 e. The summed E-state index contributed by atoms with van der Waals surface area (Å²) < 4.78 is 20.3. The number of benzene rings is 15. The van der Waals surface area contributed by atoms with Gasteiger partial charge >= 0.3 is 0 Å². The summed E-state index contributed by atoms with van der Waals surface area (Å²) in [7, 11) is 0. The predicted octanol–water partition coefficient (Wildman–Crippen LogP) is 29.2. The Labute approximate surface area is 615 Å². The lowest BCUT2D eigenvalue weighted by molar-refractivity contribution is 0.576. The maximum Gasteiger partial charge on any atom is 0.143 e. The van der Waals surface area contributed by atoms with Gasteiger partial charge in [-0.3, -0.25) is 0 Å². The Balaban J connectivity index is 0.000000121. The van der Waals surface area contributed by atoms with Gasteiger partial charge in [-0.15, -0.1) is 0 Å². The van der Waals surface area contributed by atoms with E-state index in [-0.39, 0.29) is 5.41 Å². The van der Waals surface area contributed by atoms with Gasteiger partial charge in [0.1, 0.15) is 34.6 Å². The predicted molar refractivity (Wildman–Crippen MR) is 442 cm³/mol. The third kappa shape index (κ3) is 13.7. The Morgan fingerprint density at radius 3 is 0.838 bits per heavy atom. The van der Waals surface area contributed by atoms with Crippen LogP contribution in [0.25, 0.3) is 167 Å². The van der Waals surface area contributed by atoms with Crippen molar-refractivity contribution in [3.63, 3.8) is 0 Å². The Hall–Kier alpha value is -13.1. The first-order chi connectivity index (χ1) is 51.6. The zero-order valence-corrected chi connectivity index (χ0v) is 59.6. The molecule has 0 N–H and O–H groups in total. The highest BCUT2D eigenvalue weighted by molar-refractivity contribution is 6.08. The molecule has 0 fully saturated rings. The Morgan fingerprint density at radius 1 is 0.190 bits per heavy atom. The van der Waals surface area contributed by atoms with Crippen LogP contribution in [-0.2, 0) is 5.41 Å². The number of furan rings is 3. The summed E-state index contributed by atoms with van der Waals surface area (Å²) in [6.07, 6.45) is 0. The number of aryl methyl sites for hydroxylation is 2. The van der Waals surface area contributed by atoms with Crippen molar-refractivity contribution in [3.05, 3.63) is 399 Å². The number of hydrogen-bond acceptors (Lipinski definition) is 3. The maximum atomic E-state index is 6.88. The van der Waals surface area contributed by atoms with Crippen molar-refractivity contribution in [3.8, 4) is 135 Å². The minimum atomic E-state index is -0.0501. The highest BCUT2D eigenvalue weighted by Crippen LogP contribution is 2.49. The van der Waals surface area contributed by atoms with E-state index in [4.69, 9.17) is 13.3 Å². The van der Waals surface area contributed by atoms with E-state index in [0.717, 1.165) is 94.7 Å². The van der Waals surface area contributed by atoms with E-state index in [1.807, 2.05) is 18.2 Å². The van der Waals surface area contributed by atoms with Crippen molar-refractivity contribution < 1.29 is 13.3 Å². The van der Waals surface area contributed by atoms with E-state index in [0.29, 0.717) is 0 Å². The minimum absolute atomic E-state index is 0.0501. The molecule has 0 unspecified atom stereocenters. The fourth-order valence-electron chi connectivity index (χ4n) is 14.6. The summed E-state index contributed by atoms with van der Waals surface area (Å²) in [5.74, 6) is 5.50. The van der Waals surface area contributed by atoms with Crippen LogP contribution in [0, 0.1) is 13.8 Å². The summed E-state index contributed by atoms with van der Waals surface area (Å²) in [4.78, 5) is 0. The van der Waals surface area contributed by atoms with Crippen LogP contribution in [0.15, 0.2) is 395 Å². The molecule has 504 valence electrons. The molecule has 3 nitrogen and oxygen atoms in total. The van der Waals surface area contributed by atoms with Crippen LogP contribution >= 0.6 is 0 Å². The minimum Gasteiger partial charge on any atom is -0.455 e. The van der Waals surface area contributed by atoms with Gasteiger partial charge in [0.25, 0.3) is 0 Å². The molecule has 3 aromatic heterocycles. The SMILES string of the molecule is CC(C)(C)c1cccc(-c2ccccc2)c1-c1oc(-c2ccc(-c3ccccc3)cc2)c2ccccc12.Cc1ccc(-c2ccccc2)c(-c2oc(-c3ccc(-c4ccccc4)cc3)c3ccccc23)c1.Cc1cccc(-c2ccccc2)c1-c1oc(-c2ccc(-c3ccccc3)cc2)c2ccccc12. The Morgan fingerprint density at radius 2 is 0.467 bits per heavy atom.